The molecular weight excluding hydrogens is 260 g/mol. The van der Waals surface area contributed by atoms with E-state index in [0.717, 1.165) is 12.8 Å². The molecule has 0 unspecified atom stereocenters. The molecular formula is C14H20N2O4. The number of methoxy groups -OCH3 is 1. The molecule has 0 aliphatic carbocycles. The molecule has 0 saturated heterocycles. The largest absolute Gasteiger partial charge is 0.490 e. The number of nitro benzene ring substituents is 1. The molecule has 0 aliphatic heterocycles. The number of amides is 1. The highest BCUT2D eigenvalue weighted by molar-refractivity contribution is 5.95. The lowest BCUT2D eigenvalue weighted by Crippen LogP contribution is -2.28. The summed E-state index contributed by atoms with van der Waals surface area (Å²) in [6.45, 7) is 4.76. The van der Waals surface area contributed by atoms with Gasteiger partial charge in [-0.2, -0.15) is 0 Å². The van der Waals surface area contributed by atoms with E-state index in [4.69, 9.17) is 4.74 Å². The molecule has 0 saturated carbocycles. The summed E-state index contributed by atoms with van der Waals surface area (Å²) >= 11 is 0. The van der Waals surface area contributed by atoms with Crippen molar-refractivity contribution in [2.24, 2.45) is 5.92 Å². The third-order valence-electron chi connectivity index (χ3n) is 3.34. The lowest BCUT2D eigenvalue weighted by molar-refractivity contribution is -0.385. The molecule has 1 amide bonds. The van der Waals surface area contributed by atoms with Crippen LogP contribution in [0.25, 0.3) is 0 Å². The van der Waals surface area contributed by atoms with Crippen molar-refractivity contribution >= 4 is 11.6 Å². The molecule has 0 aromatic heterocycles. The van der Waals surface area contributed by atoms with Crippen LogP contribution in [-0.4, -0.2) is 24.5 Å². The first-order valence-electron chi connectivity index (χ1n) is 6.64. The average Bonchev–Trinajstić information content (AvgIpc) is 2.47. The quantitative estimate of drug-likeness (QED) is 0.615. The topological polar surface area (TPSA) is 81.5 Å². The minimum Gasteiger partial charge on any atom is -0.490 e. The van der Waals surface area contributed by atoms with E-state index >= 15 is 0 Å². The van der Waals surface area contributed by atoms with Gasteiger partial charge in [-0.1, -0.05) is 26.7 Å². The first-order chi connectivity index (χ1) is 9.53. The molecule has 20 heavy (non-hydrogen) atoms. The highest BCUT2D eigenvalue weighted by Crippen LogP contribution is 2.27. The van der Waals surface area contributed by atoms with Gasteiger partial charge in [-0.15, -0.1) is 0 Å². The van der Waals surface area contributed by atoms with E-state index in [-0.39, 0.29) is 17.3 Å². The number of hydrogen-bond donors (Lipinski definition) is 1. The number of rotatable bonds is 7. The van der Waals surface area contributed by atoms with Crippen LogP contribution in [-0.2, 0) is 0 Å². The second-order valence-corrected chi connectivity index (χ2v) is 4.54. The second-order valence-electron chi connectivity index (χ2n) is 4.54. The summed E-state index contributed by atoms with van der Waals surface area (Å²) in [6.07, 6.45) is 2.00. The Hall–Kier alpha value is -2.11. The molecule has 1 rings (SSSR count). The maximum absolute atomic E-state index is 12.0. The van der Waals surface area contributed by atoms with Crippen molar-refractivity contribution < 1.29 is 14.5 Å². The standard InChI is InChI=1S/C14H20N2O4/c1-4-10(5-2)9-15-14(17)11-6-7-12(16(18)19)13(8-11)20-3/h6-8,10H,4-5,9H2,1-3H3,(H,15,17). The lowest BCUT2D eigenvalue weighted by Gasteiger charge is -2.13. The van der Waals surface area contributed by atoms with Crippen LogP contribution in [0.4, 0.5) is 5.69 Å². The zero-order valence-electron chi connectivity index (χ0n) is 12.0. The van der Waals surface area contributed by atoms with Crippen molar-refractivity contribution in [1.82, 2.24) is 5.32 Å². The summed E-state index contributed by atoms with van der Waals surface area (Å²) in [4.78, 5) is 22.2. The molecule has 0 bridgehead atoms. The lowest BCUT2D eigenvalue weighted by atomic mass is 10.0. The molecule has 1 N–H and O–H groups in total. The number of benzene rings is 1. The third kappa shape index (κ3) is 3.94. The predicted octanol–water partition coefficient (Wildman–Crippen LogP) is 2.77. The van der Waals surface area contributed by atoms with Crippen molar-refractivity contribution in [1.29, 1.82) is 0 Å². The smallest absolute Gasteiger partial charge is 0.310 e. The highest BCUT2D eigenvalue weighted by Gasteiger charge is 2.17. The van der Waals surface area contributed by atoms with Crippen LogP contribution in [0.2, 0.25) is 0 Å². The van der Waals surface area contributed by atoms with Crippen LogP contribution in [0.1, 0.15) is 37.0 Å². The van der Waals surface area contributed by atoms with E-state index in [9.17, 15) is 14.9 Å². The van der Waals surface area contributed by atoms with Gasteiger partial charge in [0.2, 0.25) is 0 Å². The van der Waals surface area contributed by atoms with Gasteiger partial charge in [0.1, 0.15) is 0 Å². The Morgan fingerprint density at radius 2 is 2.05 bits per heavy atom. The molecule has 1 aromatic rings. The molecule has 6 nitrogen and oxygen atoms in total. The normalized spacial score (nSPS) is 10.4. The number of hydrogen-bond acceptors (Lipinski definition) is 4. The Bertz CT molecular complexity index is 484. The fourth-order valence-corrected chi connectivity index (χ4v) is 1.89. The number of carbonyl (C=O) groups excluding carboxylic acids is 1. The Kier molecular flexibility index (Phi) is 5.96. The van der Waals surface area contributed by atoms with E-state index in [1.165, 1.54) is 25.3 Å². The molecule has 0 aliphatic rings. The van der Waals surface area contributed by atoms with Gasteiger partial charge >= 0.3 is 5.69 Å². The summed E-state index contributed by atoms with van der Waals surface area (Å²) in [7, 11) is 1.34. The number of ether oxygens (including phenoxy) is 1. The fraction of sp³-hybridized carbons (Fsp3) is 0.500. The van der Waals surface area contributed by atoms with Crippen molar-refractivity contribution in [3.8, 4) is 5.75 Å². The van der Waals surface area contributed by atoms with Crippen molar-refractivity contribution in [3.63, 3.8) is 0 Å². The van der Waals surface area contributed by atoms with Crippen LogP contribution in [0, 0.1) is 16.0 Å². The summed E-state index contributed by atoms with van der Waals surface area (Å²) in [5.41, 5.74) is 0.211. The Morgan fingerprint density at radius 3 is 2.55 bits per heavy atom. The van der Waals surface area contributed by atoms with Gasteiger partial charge < -0.3 is 10.1 Å². The zero-order chi connectivity index (χ0) is 15.1. The van der Waals surface area contributed by atoms with Crippen LogP contribution in [0.15, 0.2) is 18.2 Å². The van der Waals surface area contributed by atoms with Crippen molar-refractivity contribution in [2.75, 3.05) is 13.7 Å². The summed E-state index contributed by atoms with van der Waals surface area (Å²) < 4.78 is 4.94. The molecule has 0 spiro atoms. The molecule has 1 aromatic carbocycles. The minimum atomic E-state index is -0.537. The molecule has 6 heteroatoms. The van der Waals surface area contributed by atoms with E-state index in [0.29, 0.717) is 18.0 Å². The maximum atomic E-state index is 12.0. The number of carbonyl (C=O) groups is 1. The number of nitrogens with zero attached hydrogens (tertiary/aromatic N) is 1. The van der Waals surface area contributed by atoms with Crippen LogP contribution < -0.4 is 10.1 Å². The van der Waals surface area contributed by atoms with Crippen molar-refractivity contribution in [3.05, 3.63) is 33.9 Å². The fourth-order valence-electron chi connectivity index (χ4n) is 1.89. The third-order valence-corrected chi connectivity index (χ3v) is 3.34. The number of nitro groups is 1. The van der Waals surface area contributed by atoms with Gasteiger partial charge in [-0.25, -0.2) is 0 Å². The summed E-state index contributed by atoms with van der Waals surface area (Å²) in [6, 6.07) is 4.11. The van der Waals surface area contributed by atoms with Gasteiger partial charge in [-0.05, 0) is 12.0 Å². The van der Waals surface area contributed by atoms with Crippen LogP contribution >= 0.6 is 0 Å². The number of nitrogens with one attached hydrogen (secondary N) is 1. The van der Waals surface area contributed by atoms with Gasteiger partial charge in [0.15, 0.2) is 5.75 Å². The van der Waals surface area contributed by atoms with E-state index in [1.807, 2.05) is 0 Å². The molecule has 110 valence electrons. The first-order valence-corrected chi connectivity index (χ1v) is 6.64. The highest BCUT2D eigenvalue weighted by atomic mass is 16.6. The van der Waals surface area contributed by atoms with E-state index in [1.54, 1.807) is 0 Å². The predicted molar refractivity (Wildman–Crippen MR) is 76.1 cm³/mol. The maximum Gasteiger partial charge on any atom is 0.310 e. The molecule has 0 radical (unpaired) electrons. The van der Waals surface area contributed by atoms with Crippen LogP contribution in [0.5, 0.6) is 5.75 Å². The molecule has 0 atom stereocenters. The average molecular weight is 280 g/mol. The van der Waals surface area contributed by atoms with E-state index in [2.05, 4.69) is 19.2 Å². The van der Waals surface area contributed by atoms with Gasteiger partial charge in [0.05, 0.1) is 12.0 Å². The summed E-state index contributed by atoms with van der Waals surface area (Å²) in [5.74, 6) is 0.286. The Labute approximate surface area is 118 Å². The molecule has 0 fully saturated rings. The zero-order valence-corrected chi connectivity index (χ0v) is 12.0. The van der Waals surface area contributed by atoms with Crippen LogP contribution in [0.3, 0.4) is 0 Å². The van der Waals surface area contributed by atoms with Crippen molar-refractivity contribution in [2.45, 2.75) is 26.7 Å². The van der Waals surface area contributed by atoms with Gasteiger partial charge in [0.25, 0.3) is 5.91 Å². The van der Waals surface area contributed by atoms with E-state index < -0.39 is 4.92 Å². The minimum absolute atomic E-state index is 0.0881. The Morgan fingerprint density at radius 1 is 1.40 bits per heavy atom. The first kappa shape index (κ1) is 15.9. The molecule has 0 heterocycles. The second kappa shape index (κ2) is 7.47. The van der Waals surface area contributed by atoms with Gasteiger partial charge in [0, 0.05) is 24.2 Å². The Balaban J connectivity index is 2.81. The monoisotopic (exact) mass is 280 g/mol. The van der Waals surface area contributed by atoms with Gasteiger partial charge in [-0.3, -0.25) is 14.9 Å². The SMILES string of the molecule is CCC(CC)CNC(=O)c1ccc([N+](=O)[O-])c(OC)c1. The summed E-state index contributed by atoms with van der Waals surface area (Å²) in [5, 5.41) is 13.6.